The highest BCUT2D eigenvalue weighted by molar-refractivity contribution is 7.92. The van der Waals surface area contributed by atoms with Gasteiger partial charge in [-0.05, 0) is 75.4 Å². The molecule has 0 heterocycles. The first-order valence-corrected chi connectivity index (χ1v) is 13.6. The molecule has 0 aliphatic heterocycles. The van der Waals surface area contributed by atoms with Crippen LogP contribution in [0.1, 0.15) is 16.7 Å². The maximum absolute atomic E-state index is 12.9. The third-order valence-electron chi connectivity index (χ3n) is 5.72. The number of rotatable bonds is 7. The normalized spacial score (nSPS) is 10.8. The Morgan fingerprint density at radius 1 is 0.513 bits per heavy atom. The van der Waals surface area contributed by atoms with Crippen molar-refractivity contribution >= 4 is 50.5 Å². The summed E-state index contributed by atoms with van der Waals surface area (Å²) in [7, 11) is -3.89. The predicted octanol–water partition coefficient (Wildman–Crippen LogP) is 6.70. The average Bonchev–Trinajstić information content (AvgIpc) is 2.88. The minimum Gasteiger partial charge on any atom is -0.308 e. The first-order chi connectivity index (χ1) is 18.6. The summed E-state index contributed by atoms with van der Waals surface area (Å²) >= 11 is 0. The van der Waals surface area contributed by atoms with Crippen molar-refractivity contribution in [1.82, 2.24) is 0 Å². The molecule has 0 unspecified atom stereocenters. The van der Waals surface area contributed by atoms with Gasteiger partial charge in [-0.15, -0.1) is 0 Å². The molecule has 0 aromatic heterocycles. The molecular weight excluding hydrogens is 514 g/mol. The lowest BCUT2D eigenvalue weighted by molar-refractivity contribution is 0.261. The molecule has 0 saturated heterocycles. The number of nitrogens with one attached hydrogen (secondary N) is 5. The molecule has 0 radical (unpaired) electrons. The molecule has 0 aliphatic carbocycles. The fourth-order valence-electron chi connectivity index (χ4n) is 3.59. The number of aryl methyl sites for hydroxylation is 3. The zero-order chi connectivity index (χ0) is 28.0. The molecule has 4 aromatic rings. The third-order valence-corrected chi connectivity index (χ3v) is 7.12. The summed E-state index contributed by atoms with van der Waals surface area (Å²) in [5, 5.41) is 10.9. The van der Waals surface area contributed by atoms with Crippen LogP contribution in [0.15, 0.2) is 95.9 Å². The summed E-state index contributed by atoms with van der Waals surface area (Å²) in [4.78, 5) is 25.6. The van der Waals surface area contributed by atoms with E-state index in [1.807, 2.05) is 45.0 Å². The van der Waals surface area contributed by atoms with Crippen LogP contribution in [-0.4, -0.2) is 20.5 Å². The van der Waals surface area contributed by atoms with Crippen LogP contribution in [0.25, 0.3) is 0 Å². The highest BCUT2D eigenvalue weighted by Gasteiger charge is 2.17. The quantitative estimate of drug-likeness (QED) is 0.178. The summed E-state index contributed by atoms with van der Waals surface area (Å²) in [5.41, 5.74) is 4.83. The number of carbonyl (C=O) groups excluding carboxylic acids is 2. The van der Waals surface area contributed by atoms with E-state index in [4.69, 9.17) is 0 Å². The zero-order valence-electron chi connectivity index (χ0n) is 21.7. The van der Waals surface area contributed by atoms with Gasteiger partial charge in [0.1, 0.15) is 0 Å². The van der Waals surface area contributed by atoms with Crippen molar-refractivity contribution in [2.24, 2.45) is 0 Å². The van der Waals surface area contributed by atoms with E-state index >= 15 is 0 Å². The molecule has 39 heavy (non-hydrogen) atoms. The van der Waals surface area contributed by atoms with Crippen molar-refractivity contribution in [3.8, 4) is 0 Å². The molecule has 200 valence electrons. The minimum atomic E-state index is -3.89. The highest BCUT2D eigenvalue weighted by Crippen LogP contribution is 2.28. The Balaban J connectivity index is 1.57. The number of hydrogen-bond acceptors (Lipinski definition) is 4. The summed E-state index contributed by atoms with van der Waals surface area (Å²) in [6, 6.07) is 24.3. The first-order valence-electron chi connectivity index (χ1n) is 12.1. The number of amides is 4. The van der Waals surface area contributed by atoms with Crippen molar-refractivity contribution in [2.75, 3.05) is 26.0 Å². The smallest absolute Gasteiger partial charge is 0.308 e. The summed E-state index contributed by atoms with van der Waals surface area (Å²) in [6.07, 6.45) is 0. The second-order valence-corrected chi connectivity index (χ2v) is 10.8. The van der Waals surface area contributed by atoms with E-state index in [-0.39, 0.29) is 22.0 Å². The minimum absolute atomic E-state index is 0.0967. The molecule has 10 heteroatoms. The lowest BCUT2D eigenvalue weighted by Gasteiger charge is -2.16. The Hall–Kier alpha value is -4.83. The van der Waals surface area contributed by atoms with Gasteiger partial charge in [-0.25, -0.2) is 18.0 Å². The number of hydrogen-bond donors (Lipinski definition) is 5. The van der Waals surface area contributed by atoms with Crippen LogP contribution >= 0.6 is 0 Å². The molecule has 0 spiro atoms. The van der Waals surface area contributed by atoms with E-state index in [1.54, 1.807) is 36.4 Å². The molecule has 9 nitrogen and oxygen atoms in total. The molecule has 4 amide bonds. The molecule has 0 bridgehead atoms. The van der Waals surface area contributed by atoms with Crippen molar-refractivity contribution in [3.63, 3.8) is 0 Å². The van der Waals surface area contributed by atoms with E-state index in [9.17, 15) is 18.0 Å². The van der Waals surface area contributed by atoms with Gasteiger partial charge in [0, 0.05) is 11.4 Å². The van der Waals surface area contributed by atoms with Crippen LogP contribution < -0.4 is 26.0 Å². The van der Waals surface area contributed by atoms with Crippen molar-refractivity contribution in [1.29, 1.82) is 0 Å². The van der Waals surface area contributed by atoms with Crippen molar-refractivity contribution < 1.29 is 18.0 Å². The van der Waals surface area contributed by atoms with Gasteiger partial charge in [-0.1, -0.05) is 53.1 Å². The number of sulfonamides is 1. The molecule has 5 N–H and O–H groups in total. The van der Waals surface area contributed by atoms with Gasteiger partial charge < -0.3 is 21.3 Å². The molecule has 0 fully saturated rings. The van der Waals surface area contributed by atoms with Crippen LogP contribution in [0.3, 0.4) is 0 Å². The van der Waals surface area contributed by atoms with Crippen molar-refractivity contribution in [2.45, 2.75) is 25.7 Å². The lowest BCUT2D eigenvalue weighted by atomic mass is 10.2. The molecule has 0 atom stereocenters. The maximum Gasteiger partial charge on any atom is 0.323 e. The summed E-state index contributed by atoms with van der Waals surface area (Å²) in [6.45, 7) is 5.74. The van der Waals surface area contributed by atoms with Gasteiger partial charge in [0.15, 0.2) is 0 Å². The standard InChI is InChI=1S/C29H29N5O4S/c1-19-4-10-22(11-5-19)30-28(35)32-26-17-14-24(34-39(37,38)25-15-8-21(3)9-16-25)18-27(26)33-29(36)31-23-12-6-20(2)7-13-23/h4-18,34H,1-3H3,(H2,30,32,35)(H2,31,33,36). The van der Waals surface area contributed by atoms with Gasteiger partial charge in [-0.3, -0.25) is 4.72 Å². The SMILES string of the molecule is Cc1ccc(NC(=O)Nc2ccc(NS(=O)(=O)c3ccc(C)cc3)cc2NC(=O)Nc2ccc(C)cc2)cc1. The van der Waals surface area contributed by atoms with Gasteiger partial charge in [0.25, 0.3) is 10.0 Å². The molecular formula is C29H29N5O4S. The van der Waals surface area contributed by atoms with Gasteiger partial charge in [0.2, 0.25) is 0 Å². The van der Waals surface area contributed by atoms with Crippen LogP contribution in [0.2, 0.25) is 0 Å². The van der Waals surface area contributed by atoms with Crippen LogP contribution in [0.4, 0.5) is 38.0 Å². The fraction of sp³-hybridized carbons (Fsp3) is 0.103. The van der Waals surface area contributed by atoms with E-state index in [0.717, 1.165) is 16.7 Å². The number of carbonyl (C=O) groups is 2. The highest BCUT2D eigenvalue weighted by atomic mass is 32.2. The maximum atomic E-state index is 12.9. The predicted molar refractivity (Wildman–Crippen MR) is 156 cm³/mol. The van der Waals surface area contributed by atoms with Crippen molar-refractivity contribution in [3.05, 3.63) is 108 Å². The van der Waals surface area contributed by atoms with Crippen LogP contribution in [0, 0.1) is 20.8 Å². The van der Waals surface area contributed by atoms with Crippen LogP contribution in [0.5, 0.6) is 0 Å². The number of urea groups is 2. The molecule has 4 aromatic carbocycles. The summed E-state index contributed by atoms with van der Waals surface area (Å²) in [5.74, 6) is 0. The van der Waals surface area contributed by atoms with E-state index in [2.05, 4.69) is 26.0 Å². The third kappa shape index (κ3) is 7.59. The van der Waals surface area contributed by atoms with E-state index in [1.165, 1.54) is 30.3 Å². The number of benzene rings is 4. The topological polar surface area (TPSA) is 128 Å². The van der Waals surface area contributed by atoms with Gasteiger partial charge in [-0.2, -0.15) is 0 Å². The van der Waals surface area contributed by atoms with Crippen LogP contribution in [-0.2, 0) is 10.0 Å². The van der Waals surface area contributed by atoms with E-state index < -0.39 is 22.1 Å². The average molecular weight is 544 g/mol. The molecule has 0 aliphatic rings. The summed E-state index contributed by atoms with van der Waals surface area (Å²) < 4.78 is 28.4. The monoisotopic (exact) mass is 543 g/mol. The Kier molecular flexibility index (Phi) is 8.16. The number of anilines is 5. The fourth-order valence-corrected chi connectivity index (χ4v) is 4.64. The Morgan fingerprint density at radius 2 is 0.923 bits per heavy atom. The lowest BCUT2D eigenvalue weighted by Crippen LogP contribution is -2.23. The Labute approximate surface area is 227 Å². The zero-order valence-corrected chi connectivity index (χ0v) is 22.5. The first kappa shape index (κ1) is 27.2. The molecule has 0 saturated carbocycles. The largest absolute Gasteiger partial charge is 0.323 e. The van der Waals surface area contributed by atoms with Gasteiger partial charge >= 0.3 is 12.1 Å². The Morgan fingerprint density at radius 3 is 1.41 bits per heavy atom. The van der Waals surface area contributed by atoms with E-state index in [0.29, 0.717) is 11.4 Å². The second-order valence-electron chi connectivity index (χ2n) is 9.07. The van der Waals surface area contributed by atoms with Gasteiger partial charge in [0.05, 0.1) is 22.0 Å². The Bertz CT molecular complexity index is 1580. The second kappa shape index (κ2) is 11.7. The molecule has 4 rings (SSSR count).